The number of rotatable bonds is 3. The minimum absolute atomic E-state index is 0.303. The predicted octanol–water partition coefficient (Wildman–Crippen LogP) is 1.63. The molecule has 2 rings (SSSR count). The molecule has 18 heavy (non-hydrogen) atoms. The summed E-state index contributed by atoms with van der Waals surface area (Å²) in [5.74, 6) is 2.58. The Labute approximate surface area is 116 Å². The second-order valence-corrected chi connectivity index (χ2v) is 7.14. The third-order valence-electron chi connectivity index (χ3n) is 4.79. The smallest absolute Gasteiger partial charge is 0.0350 e. The molecule has 2 saturated heterocycles. The lowest BCUT2D eigenvalue weighted by Crippen LogP contribution is -2.60. The van der Waals surface area contributed by atoms with E-state index in [9.17, 15) is 0 Å². The first-order chi connectivity index (χ1) is 8.72. The van der Waals surface area contributed by atoms with E-state index < -0.39 is 0 Å². The van der Waals surface area contributed by atoms with Crippen molar-refractivity contribution in [1.29, 1.82) is 0 Å². The van der Waals surface area contributed by atoms with E-state index in [0.29, 0.717) is 11.6 Å². The summed E-state index contributed by atoms with van der Waals surface area (Å²) in [6.45, 7) is 6.87. The Morgan fingerprint density at radius 2 is 2.00 bits per heavy atom. The molecule has 2 aliphatic rings. The van der Waals surface area contributed by atoms with Gasteiger partial charge in [0.2, 0.25) is 0 Å². The van der Waals surface area contributed by atoms with Gasteiger partial charge in [-0.05, 0) is 50.8 Å². The molecule has 1 atom stereocenters. The highest BCUT2D eigenvalue weighted by atomic mass is 32.2. The number of thioether (sulfide) groups is 1. The summed E-state index contributed by atoms with van der Waals surface area (Å²) in [5, 5.41) is 0. The Hall–Kier alpha value is 0.230. The SMILES string of the molecule is CCC1CN(C)CCCN1C1(CN)CCSCC1. The summed E-state index contributed by atoms with van der Waals surface area (Å²) >= 11 is 2.10. The fraction of sp³-hybridized carbons (Fsp3) is 1.00. The van der Waals surface area contributed by atoms with Crippen LogP contribution in [0.25, 0.3) is 0 Å². The Balaban J connectivity index is 2.15. The molecule has 0 radical (unpaired) electrons. The van der Waals surface area contributed by atoms with Crippen molar-refractivity contribution in [1.82, 2.24) is 9.80 Å². The molecule has 0 amide bonds. The number of likely N-dealkylation sites (N-methyl/N-ethyl adjacent to an activating group) is 1. The predicted molar refractivity (Wildman–Crippen MR) is 81.2 cm³/mol. The molecule has 4 heteroatoms. The quantitative estimate of drug-likeness (QED) is 0.845. The van der Waals surface area contributed by atoms with Crippen LogP contribution in [-0.4, -0.2) is 66.1 Å². The van der Waals surface area contributed by atoms with Gasteiger partial charge in [0.05, 0.1) is 0 Å². The molecule has 0 bridgehead atoms. The number of nitrogens with zero attached hydrogens (tertiary/aromatic N) is 2. The number of nitrogens with two attached hydrogens (primary N) is 1. The first-order valence-corrected chi connectivity index (χ1v) is 8.60. The van der Waals surface area contributed by atoms with Crippen molar-refractivity contribution in [2.45, 2.75) is 44.2 Å². The molecule has 0 aromatic heterocycles. The van der Waals surface area contributed by atoms with E-state index in [1.165, 1.54) is 56.8 Å². The van der Waals surface area contributed by atoms with Gasteiger partial charge in [-0.1, -0.05) is 6.92 Å². The van der Waals surface area contributed by atoms with E-state index >= 15 is 0 Å². The molecule has 106 valence electrons. The highest BCUT2D eigenvalue weighted by Gasteiger charge is 2.40. The van der Waals surface area contributed by atoms with Gasteiger partial charge in [-0.25, -0.2) is 0 Å². The molecular formula is C14H29N3S. The molecule has 0 aromatic carbocycles. The molecule has 2 heterocycles. The third-order valence-corrected chi connectivity index (χ3v) is 5.77. The summed E-state index contributed by atoms with van der Waals surface area (Å²) in [6, 6.07) is 0.698. The minimum atomic E-state index is 0.303. The van der Waals surface area contributed by atoms with Crippen LogP contribution in [-0.2, 0) is 0 Å². The van der Waals surface area contributed by atoms with E-state index in [2.05, 4.69) is 35.5 Å². The number of hydrogen-bond donors (Lipinski definition) is 1. The van der Waals surface area contributed by atoms with Gasteiger partial charge < -0.3 is 10.6 Å². The average Bonchev–Trinajstić information content (AvgIpc) is 2.61. The van der Waals surface area contributed by atoms with Crippen LogP contribution in [0.1, 0.15) is 32.6 Å². The molecule has 0 saturated carbocycles. The lowest BCUT2D eigenvalue weighted by molar-refractivity contribution is 0.0399. The van der Waals surface area contributed by atoms with Gasteiger partial charge in [0.15, 0.2) is 0 Å². The van der Waals surface area contributed by atoms with Crippen LogP contribution in [0.3, 0.4) is 0 Å². The van der Waals surface area contributed by atoms with Crippen molar-refractivity contribution in [3.63, 3.8) is 0 Å². The zero-order chi connectivity index (χ0) is 13.0. The largest absolute Gasteiger partial charge is 0.329 e. The van der Waals surface area contributed by atoms with Crippen LogP contribution in [0.15, 0.2) is 0 Å². The van der Waals surface area contributed by atoms with Crippen molar-refractivity contribution in [3.8, 4) is 0 Å². The van der Waals surface area contributed by atoms with Gasteiger partial charge in [-0.3, -0.25) is 4.90 Å². The van der Waals surface area contributed by atoms with Gasteiger partial charge >= 0.3 is 0 Å². The summed E-state index contributed by atoms with van der Waals surface area (Å²) in [4.78, 5) is 5.28. The standard InChI is InChI=1S/C14H29N3S/c1-3-13-11-16(2)7-4-8-17(13)14(12-15)5-9-18-10-6-14/h13H,3-12,15H2,1-2H3. The summed E-state index contributed by atoms with van der Waals surface area (Å²) in [6.07, 6.45) is 5.11. The Morgan fingerprint density at radius 3 is 2.61 bits per heavy atom. The lowest BCUT2D eigenvalue weighted by atomic mass is 9.88. The molecular weight excluding hydrogens is 242 g/mol. The number of hydrogen-bond acceptors (Lipinski definition) is 4. The Morgan fingerprint density at radius 1 is 1.28 bits per heavy atom. The zero-order valence-electron chi connectivity index (χ0n) is 12.0. The summed E-state index contributed by atoms with van der Waals surface area (Å²) < 4.78 is 0. The summed E-state index contributed by atoms with van der Waals surface area (Å²) in [7, 11) is 2.26. The van der Waals surface area contributed by atoms with Crippen molar-refractivity contribution < 1.29 is 0 Å². The van der Waals surface area contributed by atoms with Crippen molar-refractivity contribution >= 4 is 11.8 Å². The minimum Gasteiger partial charge on any atom is -0.329 e. The van der Waals surface area contributed by atoms with E-state index in [4.69, 9.17) is 5.73 Å². The van der Waals surface area contributed by atoms with Crippen LogP contribution in [0.2, 0.25) is 0 Å². The molecule has 0 spiro atoms. The first kappa shape index (κ1) is 14.6. The molecule has 2 aliphatic heterocycles. The maximum Gasteiger partial charge on any atom is 0.0350 e. The van der Waals surface area contributed by atoms with Gasteiger partial charge in [0.25, 0.3) is 0 Å². The van der Waals surface area contributed by atoms with Crippen LogP contribution >= 0.6 is 11.8 Å². The maximum absolute atomic E-state index is 6.21. The molecule has 1 unspecified atom stereocenters. The van der Waals surface area contributed by atoms with E-state index in [0.717, 1.165) is 6.54 Å². The van der Waals surface area contributed by atoms with Gasteiger partial charge in [-0.15, -0.1) is 0 Å². The van der Waals surface area contributed by atoms with Gasteiger partial charge in [0.1, 0.15) is 0 Å². The van der Waals surface area contributed by atoms with Crippen molar-refractivity contribution in [2.75, 3.05) is 44.7 Å². The molecule has 0 aromatic rings. The fourth-order valence-corrected chi connectivity index (χ4v) is 4.83. The average molecular weight is 271 g/mol. The van der Waals surface area contributed by atoms with Gasteiger partial charge in [-0.2, -0.15) is 11.8 Å². The van der Waals surface area contributed by atoms with Crippen LogP contribution in [0.5, 0.6) is 0 Å². The van der Waals surface area contributed by atoms with Crippen LogP contribution in [0.4, 0.5) is 0 Å². The molecule has 3 nitrogen and oxygen atoms in total. The second kappa shape index (κ2) is 6.60. The second-order valence-electron chi connectivity index (χ2n) is 5.91. The van der Waals surface area contributed by atoms with Gasteiger partial charge in [0, 0.05) is 31.2 Å². The Bertz CT molecular complexity index is 253. The topological polar surface area (TPSA) is 32.5 Å². The van der Waals surface area contributed by atoms with E-state index in [-0.39, 0.29) is 0 Å². The highest BCUT2D eigenvalue weighted by molar-refractivity contribution is 7.99. The van der Waals surface area contributed by atoms with E-state index in [1.54, 1.807) is 0 Å². The fourth-order valence-electron chi connectivity index (χ4n) is 3.58. The first-order valence-electron chi connectivity index (χ1n) is 7.45. The monoisotopic (exact) mass is 271 g/mol. The molecule has 2 fully saturated rings. The highest BCUT2D eigenvalue weighted by Crippen LogP contribution is 2.34. The maximum atomic E-state index is 6.21. The molecule has 0 aliphatic carbocycles. The van der Waals surface area contributed by atoms with Crippen molar-refractivity contribution in [2.24, 2.45) is 5.73 Å². The van der Waals surface area contributed by atoms with Crippen LogP contribution < -0.4 is 5.73 Å². The normalized spacial score (nSPS) is 31.2. The molecule has 2 N–H and O–H groups in total. The Kier molecular flexibility index (Phi) is 5.36. The van der Waals surface area contributed by atoms with Crippen molar-refractivity contribution in [3.05, 3.63) is 0 Å². The zero-order valence-corrected chi connectivity index (χ0v) is 12.8. The third kappa shape index (κ3) is 3.03. The summed E-state index contributed by atoms with van der Waals surface area (Å²) in [5.41, 5.74) is 6.51. The van der Waals surface area contributed by atoms with Crippen LogP contribution in [0, 0.1) is 0 Å². The lowest BCUT2D eigenvalue weighted by Gasteiger charge is -2.49. The van der Waals surface area contributed by atoms with E-state index in [1.807, 2.05) is 0 Å².